The molecule has 3 aliphatic rings. The van der Waals surface area contributed by atoms with E-state index in [2.05, 4.69) is 20.1 Å². The lowest BCUT2D eigenvalue weighted by Gasteiger charge is -2.17. The second-order valence-electron chi connectivity index (χ2n) is 9.90. The van der Waals surface area contributed by atoms with Gasteiger partial charge in [-0.05, 0) is 18.2 Å². The number of nitrogens with one attached hydrogen (secondary N) is 1. The van der Waals surface area contributed by atoms with Crippen molar-refractivity contribution in [2.75, 3.05) is 19.8 Å². The molecule has 2 fully saturated rings. The van der Waals surface area contributed by atoms with Crippen molar-refractivity contribution in [3.05, 3.63) is 52.8 Å². The van der Waals surface area contributed by atoms with Gasteiger partial charge in [-0.25, -0.2) is 9.67 Å². The summed E-state index contributed by atoms with van der Waals surface area (Å²) in [5.74, 6) is 0. The Morgan fingerprint density at radius 2 is 1.90 bits per heavy atom. The first-order chi connectivity index (χ1) is 18.7. The van der Waals surface area contributed by atoms with Crippen LogP contribution in [0.25, 0.3) is 28.1 Å². The molecule has 204 valence electrons. The standard InChI is InChI=1S/C25H22ClF3N6O4/c26-15-5-16-23(32-24(30-16)39-19-10-38-21-18(36)9-37-22(19)21)31-20(15)12-1-3-14(4-2-12)35-7-13-6-34(8-17(13)33-35)11-25(27,28)29/h1-5,7,18-19,21-22,36H,6,8-11H2,(H,30,31,32)/t18-,19-,21?,22?/m1/s1. The molecule has 4 aromatic rings. The molecule has 2 unspecified atom stereocenters. The molecule has 2 saturated heterocycles. The summed E-state index contributed by atoms with van der Waals surface area (Å²) >= 11 is 6.55. The smallest absolute Gasteiger partial charge is 0.401 e. The molecule has 0 saturated carbocycles. The van der Waals surface area contributed by atoms with Crippen molar-refractivity contribution < 1.29 is 32.5 Å². The molecule has 4 atom stereocenters. The molecule has 7 rings (SSSR count). The van der Waals surface area contributed by atoms with Gasteiger partial charge in [-0.15, -0.1) is 0 Å². The number of imidazole rings is 1. The number of rotatable bonds is 5. The van der Waals surface area contributed by atoms with Crippen molar-refractivity contribution in [3.63, 3.8) is 0 Å². The van der Waals surface area contributed by atoms with E-state index in [-0.39, 0.29) is 38.4 Å². The van der Waals surface area contributed by atoms with Crippen LogP contribution in [-0.2, 0) is 22.6 Å². The van der Waals surface area contributed by atoms with Crippen LogP contribution in [0.2, 0.25) is 5.02 Å². The molecule has 0 spiro atoms. The molecule has 0 aliphatic carbocycles. The Bertz CT molecular complexity index is 1520. The third kappa shape index (κ3) is 4.63. The van der Waals surface area contributed by atoms with Gasteiger partial charge in [-0.3, -0.25) is 4.90 Å². The van der Waals surface area contributed by atoms with Crippen molar-refractivity contribution in [2.45, 2.75) is 43.7 Å². The number of nitrogens with zero attached hydrogens (tertiary/aromatic N) is 5. The van der Waals surface area contributed by atoms with Crippen LogP contribution in [0.1, 0.15) is 11.3 Å². The molecule has 10 nitrogen and oxygen atoms in total. The van der Waals surface area contributed by atoms with Crippen LogP contribution in [0.5, 0.6) is 6.01 Å². The summed E-state index contributed by atoms with van der Waals surface area (Å²) in [6.45, 7) is -0.0862. The van der Waals surface area contributed by atoms with Gasteiger partial charge in [0.15, 0.2) is 11.8 Å². The topological polar surface area (TPSA) is 111 Å². The lowest BCUT2D eigenvalue weighted by Crippen LogP contribution is -2.34. The van der Waals surface area contributed by atoms with Crippen molar-refractivity contribution >= 4 is 22.8 Å². The van der Waals surface area contributed by atoms with Gasteiger partial charge in [0.25, 0.3) is 6.01 Å². The van der Waals surface area contributed by atoms with Gasteiger partial charge >= 0.3 is 6.18 Å². The fraction of sp³-hybridized carbons (Fsp3) is 0.400. The number of hydrogen-bond acceptors (Lipinski definition) is 8. The number of fused-ring (bicyclic) bond motifs is 3. The molecule has 3 aromatic heterocycles. The van der Waals surface area contributed by atoms with E-state index in [1.807, 2.05) is 24.3 Å². The number of aromatic amines is 1. The second kappa shape index (κ2) is 9.17. The Balaban J connectivity index is 1.07. The minimum atomic E-state index is -4.23. The first kappa shape index (κ1) is 24.8. The number of halogens is 4. The molecule has 0 bridgehead atoms. The van der Waals surface area contributed by atoms with Gasteiger partial charge in [0.1, 0.15) is 18.3 Å². The predicted octanol–water partition coefficient (Wildman–Crippen LogP) is 3.25. The lowest BCUT2D eigenvalue weighted by molar-refractivity contribution is -0.147. The predicted molar refractivity (Wildman–Crippen MR) is 132 cm³/mol. The first-order valence-corrected chi connectivity index (χ1v) is 12.7. The molecule has 39 heavy (non-hydrogen) atoms. The Kier molecular flexibility index (Phi) is 5.83. The molecule has 1 aromatic carbocycles. The van der Waals surface area contributed by atoms with Crippen molar-refractivity contribution in [1.82, 2.24) is 29.6 Å². The first-order valence-electron chi connectivity index (χ1n) is 12.3. The summed E-state index contributed by atoms with van der Waals surface area (Å²) in [6.07, 6.45) is -4.33. The summed E-state index contributed by atoms with van der Waals surface area (Å²) in [4.78, 5) is 13.5. The van der Waals surface area contributed by atoms with Crippen LogP contribution in [0, 0.1) is 0 Å². The number of pyridine rings is 1. The van der Waals surface area contributed by atoms with E-state index in [0.29, 0.717) is 27.6 Å². The zero-order chi connectivity index (χ0) is 26.9. The maximum Gasteiger partial charge on any atom is 0.401 e. The van der Waals surface area contributed by atoms with Gasteiger partial charge in [-0.1, -0.05) is 23.7 Å². The number of alkyl halides is 3. The van der Waals surface area contributed by atoms with E-state index in [9.17, 15) is 18.3 Å². The number of benzene rings is 1. The summed E-state index contributed by atoms with van der Waals surface area (Å²) in [6, 6.07) is 9.36. The Morgan fingerprint density at radius 1 is 1.10 bits per heavy atom. The molecule has 14 heteroatoms. The third-order valence-electron chi connectivity index (χ3n) is 7.10. The summed E-state index contributed by atoms with van der Waals surface area (Å²) in [5.41, 5.74) is 4.50. The molecule has 3 aliphatic heterocycles. The van der Waals surface area contributed by atoms with Gasteiger partial charge < -0.3 is 24.3 Å². The summed E-state index contributed by atoms with van der Waals surface area (Å²) in [5, 5.41) is 14.8. The van der Waals surface area contributed by atoms with E-state index in [1.165, 1.54) is 4.90 Å². The number of aliphatic hydroxyl groups is 1. The highest BCUT2D eigenvalue weighted by molar-refractivity contribution is 6.33. The van der Waals surface area contributed by atoms with E-state index < -0.39 is 31.0 Å². The Morgan fingerprint density at radius 3 is 2.67 bits per heavy atom. The quantitative estimate of drug-likeness (QED) is 0.381. The van der Waals surface area contributed by atoms with Crippen LogP contribution in [0.4, 0.5) is 13.2 Å². The number of aliphatic hydroxyl groups excluding tert-OH is 1. The van der Waals surface area contributed by atoms with Crippen LogP contribution < -0.4 is 4.74 Å². The fourth-order valence-electron chi connectivity index (χ4n) is 5.33. The van der Waals surface area contributed by atoms with Crippen molar-refractivity contribution in [3.8, 4) is 23.0 Å². The van der Waals surface area contributed by atoms with Crippen LogP contribution in [0.15, 0.2) is 36.5 Å². The monoisotopic (exact) mass is 562 g/mol. The highest BCUT2D eigenvalue weighted by atomic mass is 35.5. The average Bonchev–Trinajstić information content (AvgIpc) is 3.67. The van der Waals surface area contributed by atoms with Gasteiger partial charge in [-0.2, -0.15) is 23.3 Å². The number of aromatic nitrogens is 5. The third-order valence-corrected chi connectivity index (χ3v) is 7.39. The largest absolute Gasteiger partial charge is 0.456 e. The Labute approximate surface area is 224 Å². The van der Waals surface area contributed by atoms with Gasteiger partial charge in [0.05, 0.1) is 47.4 Å². The minimum Gasteiger partial charge on any atom is -0.456 e. The van der Waals surface area contributed by atoms with Crippen LogP contribution in [0.3, 0.4) is 0 Å². The molecule has 2 N–H and O–H groups in total. The summed E-state index contributed by atoms with van der Waals surface area (Å²) < 4.78 is 56.9. The van der Waals surface area contributed by atoms with Gasteiger partial charge in [0, 0.05) is 30.4 Å². The van der Waals surface area contributed by atoms with Gasteiger partial charge in [0.2, 0.25) is 0 Å². The van der Waals surface area contributed by atoms with Crippen molar-refractivity contribution in [1.29, 1.82) is 0 Å². The number of hydrogen-bond donors (Lipinski definition) is 2. The minimum absolute atomic E-state index is 0.165. The van der Waals surface area contributed by atoms with E-state index in [4.69, 9.17) is 25.8 Å². The zero-order valence-electron chi connectivity index (χ0n) is 20.2. The average molecular weight is 563 g/mol. The maximum absolute atomic E-state index is 12.7. The van der Waals surface area contributed by atoms with Crippen LogP contribution in [-0.4, -0.2) is 85.1 Å². The maximum atomic E-state index is 12.7. The molecule has 0 amide bonds. The van der Waals surface area contributed by atoms with Crippen molar-refractivity contribution in [2.24, 2.45) is 0 Å². The molecule has 6 heterocycles. The number of ether oxygens (including phenoxy) is 3. The van der Waals surface area contributed by atoms with E-state index >= 15 is 0 Å². The summed E-state index contributed by atoms with van der Waals surface area (Å²) in [7, 11) is 0. The fourth-order valence-corrected chi connectivity index (χ4v) is 5.59. The zero-order valence-corrected chi connectivity index (χ0v) is 21.0. The van der Waals surface area contributed by atoms with Crippen LogP contribution >= 0.6 is 11.6 Å². The lowest BCUT2D eigenvalue weighted by atomic mass is 10.1. The molecular weight excluding hydrogens is 541 g/mol. The SMILES string of the molecule is O[C@@H]1COC2C1OC[C@H]2Oc1nc2nc(-c3ccc(-n4cc5c(n4)CN(CC(F)(F)F)C5)cc3)c(Cl)cc2[nH]1. The normalized spacial score (nSPS) is 24.9. The number of H-pyrrole nitrogens is 1. The molecular formula is C25H22ClF3N6O4. The second-order valence-corrected chi connectivity index (χ2v) is 10.3. The van der Waals surface area contributed by atoms with E-state index in [0.717, 1.165) is 16.8 Å². The molecule has 0 radical (unpaired) electrons. The van der Waals surface area contributed by atoms with E-state index in [1.54, 1.807) is 16.9 Å². The highest BCUT2D eigenvalue weighted by Crippen LogP contribution is 2.33. The highest BCUT2D eigenvalue weighted by Gasteiger charge is 2.48. The Hall–Kier alpha value is -3.23.